The highest BCUT2D eigenvalue weighted by Crippen LogP contribution is 2.21. The van der Waals surface area contributed by atoms with Gasteiger partial charge in [-0.05, 0) is 32.0 Å². The number of ether oxygens (including phenoxy) is 1. The van der Waals surface area contributed by atoms with Gasteiger partial charge in [0, 0.05) is 43.4 Å². The number of aromatic nitrogens is 3. The molecule has 1 aliphatic heterocycles. The van der Waals surface area contributed by atoms with Gasteiger partial charge in [0.1, 0.15) is 12.4 Å². The Balaban J connectivity index is 1.50. The van der Waals surface area contributed by atoms with Crippen molar-refractivity contribution in [2.45, 2.75) is 37.0 Å². The second kappa shape index (κ2) is 12.7. The lowest BCUT2D eigenvalue weighted by atomic mass is 10.3. The molecule has 1 unspecified atom stereocenters. The van der Waals surface area contributed by atoms with Crippen LogP contribution in [0.2, 0.25) is 0 Å². The molecule has 0 aliphatic carbocycles. The van der Waals surface area contributed by atoms with Gasteiger partial charge in [-0.2, -0.15) is 0 Å². The number of hydrogen-bond donors (Lipinski definition) is 2. The topological polar surface area (TPSA) is 79.6 Å². The molecular weight excluding hydrogens is 410 g/mol. The Kier molecular flexibility index (Phi) is 9.64. The molecule has 0 saturated carbocycles. The Morgan fingerprint density at radius 3 is 2.68 bits per heavy atom. The SMILES string of the molecule is Cc1nnc(CN=C(NCCCN2CCOCC2)NCC(C)Sc2ccccc2)n1C. The summed E-state index contributed by atoms with van der Waals surface area (Å²) in [4.78, 5) is 8.50. The van der Waals surface area contributed by atoms with Crippen molar-refractivity contribution in [3.63, 3.8) is 0 Å². The molecule has 8 nitrogen and oxygen atoms in total. The molecular formula is C22H35N7OS. The van der Waals surface area contributed by atoms with Gasteiger partial charge < -0.3 is 19.9 Å². The fraction of sp³-hybridized carbons (Fsp3) is 0.591. The first-order valence-corrected chi connectivity index (χ1v) is 11.9. The van der Waals surface area contributed by atoms with Crippen molar-refractivity contribution in [3.8, 4) is 0 Å². The van der Waals surface area contributed by atoms with E-state index in [1.165, 1.54) is 4.90 Å². The second-order valence-corrected chi connectivity index (χ2v) is 9.26. The van der Waals surface area contributed by atoms with Crippen LogP contribution in [0.4, 0.5) is 0 Å². The lowest BCUT2D eigenvalue weighted by Crippen LogP contribution is -2.42. The highest BCUT2D eigenvalue weighted by atomic mass is 32.2. The lowest BCUT2D eigenvalue weighted by molar-refractivity contribution is 0.0376. The maximum atomic E-state index is 5.43. The summed E-state index contributed by atoms with van der Waals surface area (Å²) in [5.74, 6) is 2.58. The van der Waals surface area contributed by atoms with E-state index < -0.39 is 0 Å². The van der Waals surface area contributed by atoms with E-state index in [0.717, 1.165) is 70.0 Å². The minimum atomic E-state index is 0.417. The van der Waals surface area contributed by atoms with E-state index in [0.29, 0.717) is 11.8 Å². The number of hydrogen-bond acceptors (Lipinski definition) is 6. The Morgan fingerprint density at radius 1 is 1.19 bits per heavy atom. The van der Waals surface area contributed by atoms with Crippen LogP contribution >= 0.6 is 11.8 Å². The first-order valence-electron chi connectivity index (χ1n) is 11.0. The van der Waals surface area contributed by atoms with E-state index in [-0.39, 0.29) is 0 Å². The molecule has 0 bridgehead atoms. The molecule has 1 aromatic heterocycles. The fourth-order valence-corrected chi connectivity index (χ4v) is 4.21. The predicted molar refractivity (Wildman–Crippen MR) is 127 cm³/mol. The van der Waals surface area contributed by atoms with Crippen LogP contribution in [-0.4, -0.2) is 76.8 Å². The summed E-state index contributed by atoms with van der Waals surface area (Å²) < 4.78 is 7.40. The summed E-state index contributed by atoms with van der Waals surface area (Å²) in [5, 5.41) is 15.8. The first-order chi connectivity index (χ1) is 15.1. The summed E-state index contributed by atoms with van der Waals surface area (Å²) in [6.45, 7) is 11.2. The van der Waals surface area contributed by atoms with E-state index in [1.807, 2.05) is 36.4 Å². The van der Waals surface area contributed by atoms with Gasteiger partial charge in [0.2, 0.25) is 0 Å². The largest absolute Gasteiger partial charge is 0.379 e. The van der Waals surface area contributed by atoms with Gasteiger partial charge in [-0.15, -0.1) is 22.0 Å². The molecule has 9 heteroatoms. The molecule has 2 aromatic rings. The molecule has 1 fully saturated rings. The second-order valence-electron chi connectivity index (χ2n) is 7.74. The normalized spacial score (nSPS) is 16.3. The summed E-state index contributed by atoms with van der Waals surface area (Å²) >= 11 is 1.86. The smallest absolute Gasteiger partial charge is 0.191 e. The van der Waals surface area contributed by atoms with Crippen molar-refractivity contribution in [2.24, 2.45) is 12.0 Å². The molecule has 1 aliphatic rings. The predicted octanol–water partition coefficient (Wildman–Crippen LogP) is 2.06. The van der Waals surface area contributed by atoms with Gasteiger partial charge in [0.05, 0.1) is 13.2 Å². The highest BCUT2D eigenvalue weighted by molar-refractivity contribution is 8.00. The summed E-state index contributed by atoms with van der Waals surface area (Å²) in [6.07, 6.45) is 1.07. The number of aliphatic imine (C=N–C) groups is 1. The van der Waals surface area contributed by atoms with Gasteiger partial charge in [0.15, 0.2) is 11.8 Å². The van der Waals surface area contributed by atoms with Crippen molar-refractivity contribution >= 4 is 17.7 Å². The number of guanidine groups is 1. The van der Waals surface area contributed by atoms with Crippen molar-refractivity contribution in [1.29, 1.82) is 0 Å². The summed E-state index contributed by atoms with van der Waals surface area (Å²) in [7, 11) is 1.97. The van der Waals surface area contributed by atoms with Crippen LogP contribution in [0.25, 0.3) is 0 Å². The van der Waals surface area contributed by atoms with Gasteiger partial charge >= 0.3 is 0 Å². The average Bonchev–Trinajstić information content (AvgIpc) is 3.11. The number of thioether (sulfide) groups is 1. The van der Waals surface area contributed by atoms with Crippen LogP contribution in [0.5, 0.6) is 0 Å². The van der Waals surface area contributed by atoms with E-state index in [2.05, 4.69) is 56.9 Å². The van der Waals surface area contributed by atoms with E-state index in [1.54, 1.807) is 0 Å². The molecule has 2 N–H and O–H groups in total. The molecule has 1 saturated heterocycles. The van der Waals surface area contributed by atoms with Crippen molar-refractivity contribution in [3.05, 3.63) is 42.0 Å². The van der Waals surface area contributed by atoms with E-state index >= 15 is 0 Å². The fourth-order valence-electron chi connectivity index (χ4n) is 3.26. The van der Waals surface area contributed by atoms with Crippen LogP contribution < -0.4 is 10.6 Å². The zero-order chi connectivity index (χ0) is 21.9. The molecule has 170 valence electrons. The summed E-state index contributed by atoms with van der Waals surface area (Å²) in [5.41, 5.74) is 0. The molecule has 0 radical (unpaired) electrons. The van der Waals surface area contributed by atoms with Crippen LogP contribution in [0, 0.1) is 6.92 Å². The molecule has 0 spiro atoms. The van der Waals surface area contributed by atoms with Crippen LogP contribution in [0.15, 0.2) is 40.2 Å². The van der Waals surface area contributed by atoms with Crippen molar-refractivity contribution in [1.82, 2.24) is 30.3 Å². The average molecular weight is 446 g/mol. The Bertz CT molecular complexity index is 805. The van der Waals surface area contributed by atoms with Gasteiger partial charge in [-0.25, -0.2) is 4.99 Å². The summed E-state index contributed by atoms with van der Waals surface area (Å²) in [6, 6.07) is 10.5. The zero-order valence-electron chi connectivity index (χ0n) is 18.9. The molecule has 31 heavy (non-hydrogen) atoms. The maximum Gasteiger partial charge on any atom is 0.191 e. The van der Waals surface area contributed by atoms with Crippen LogP contribution in [0.3, 0.4) is 0 Å². The van der Waals surface area contributed by atoms with Gasteiger partial charge in [0.25, 0.3) is 0 Å². The molecule has 0 amide bonds. The standard InChI is InChI=1S/C22H35N7OS/c1-18(31-20-8-5-4-6-9-20)16-24-22(25-17-21-27-26-19(2)28(21)3)23-10-7-11-29-12-14-30-15-13-29/h4-6,8-9,18H,7,10-17H2,1-3H3,(H2,23,24,25). The Labute approximate surface area is 189 Å². The van der Waals surface area contributed by atoms with Crippen LogP contribution in [0.1, 0.15) is 25.0 Å². The number of benzene rings is 1. The minimum Gasteiger partial charge on any atom is -0.379 e. The Hall–Kier alpha value is -2.10. The van der Waals surface area contributed by atoms with Gasteiger partial charge in [-0.3, -0.25) is 4.90 Å². The molecule has 1 aromatic carbocycles. The van der Waals surface area contributed by atoms with Gasteiger partial charge in [-0.1, -0.05) is 25.1 Å². The highest BCUT2D eigenvalue weighted by Gasteiger charge is 2.11. The first kappa shape index (κ1) is 23.6. The quantitative estimate of drug-likeness (QED) is 0.251. The minimum absolute atomic E-state index is 0.417. The van der Waals surface area contributed by atoms with Crippen molar-refractivity contribution in [2.75, 3.05) is 45.9 Å². The monoisotopic (exact) mass is 445 g/mol. The third-order valence-electron chi connectivity index (χ3n) is 5.25. The molecule has 2 heterocycles. The third-order valence-corrected chi connectivity index (χ3v) is 6.36. The molecule has 1 atom stereocenters. The number of nitrogens with one attached hydrogen (secondary N) is 2. The third kappa shape index (κ3) is 8.16. The Morgan fingerprint density at radius 2 is 1.97 bits per heavy atom. The number of aryl methyl sites for hydroxylation is 1. The molecule has 3 rings (SSSR count). The van der Waals surface area contributed by atoms with Crippen molar-refractivity contribution < 1.29 is 4.74 Å². The van der Waals surface area contributed by atoms with Crippen LogP contribution in [-0.2, 0) is 18.3 Å². The zero-order valence-corrected chi connectivity index (χ0v) is 19.7. The van der Waals surface area contributed by atoms with E-state index in [4.69, 9.17) is 9.73 Å². The number of rotatable bonds is 10. The maximum absolute atomic E-state index is 5.43. The lowest BCUT2D eigenvalue weighted by Gasteiger charge is -2.26. The number of morpholine rings is 1. The van der Waals surface area contributed by atoms with E-state index in [9.17, 15) is 0 Å². The number of nitrogens with zero attached hydrogens (tertiary/aromatic N) is 5.